The fourth-order valence-electron chi connectivity index (χ4n) is 1.79. The van der Waals surface area contributed by atoms with E-state index >= 15 is 0 Å². The Kier molecular flexibility index (Phi) is 4.18. The third kappa shape index (κ3) is 3.35. The molecule has 0 spiro atoms. The van der Waals surface area contributed by atoms with Crippen molar-refractivity contribution in [2.75, 3.05) is 7.11 Å². The lowest BCUT2D eigenvalue weighted by molar-refractivity contribution is 0.101. The molecule has 0 aliphatic carbocycles. The second-order valence-corrected chi connectivity index (χ2v) is 4.19. The third-order valence-electron chi connectivity index (χ3n) is 2.80. The maximum Gasteiger partial charge on any atom is 0.163 e. The lowest BCUT2D eigenvalue weighted by atomic mass is 10.1. The Hall–Kier alpha value is -2.29. The van der Waals surface area contributed by atoms with E-state index in [4.69, 9.17) is 9.47 Å². The van der Waals surface area contributed by atoms with Crippen molar-refractivity contribution in [3.05, 3.63) is 59.7 Å². The van der Waals surface area contributed by atoms with Crippen molar-refractivity contribution in [2.24, 2.45) is 0 Å². The van der Waals surface area contributed by atoms with Crippen LogP contribution in [0.5, 0.6) is 11.5 Å². The molecule has 2 aromatic rings. The average Bonchev–Trinajstić information content (AvgIpc) is 2.45. The van der Waals surface area contributed by atoms with Crippen LogP contribution in [0.1, 0.15) is 22.8 Å². The second-order valence-electron chi connectivity index (χ2n) is 4.19. The van der Waals surface area contributed by atoms with Crippen LogP contribution in [0.4, 0.5) is 0 Å². The molecule has 3 nitrogen and oxygen atoms in total. The zero-order chi connectivity index (χ0) is 13.7. The highest BCUT2D eigenvalue weighted by Gasteiger charge is 2.09. The molecule has 3 heteroatoms. The van der Waals surface area contributed by atoms with E-state index in [2.05, 4.69) is 0 Å². The molecular weight excluding hydrogens is 240 g/mol. The van der Waals surface area contributed by atoms with Gasteiger partial charge in [-0.05, 0) is 24.6 Å². The number of ether oxygens (including phenoxy) is 2. The summed E-state index contributed by atoms with van der Waals surface area (Å²) in [4.78, 5) is 11.4. The smallest absolute Gasteiger partial charge is 0.163 e. The number of carbonyl (C=O) groups excluding carboxylic acids is 1. The molecule has 98 valence electrons. The average molecular weight is 256 g/mol. The predicted molar refractivity (Wildman–Crippen MR) is 73.8 cm³/mol. The first-order chi connectivity index (χ1) is 9.20. The van der Waals surface area contributed by atoms with E-state index in [1.807, 2.05) is 30.3 Å². The van der Waals surface area contributed by atoms with Crippen LogP contribution in [0.2, 0.25) is 0 Å². The van der Waals surface area contributed by atoms with Crippen molar-refractivity contribution in [2.45, 2.75) is 13.5 Å². The first-order valence-electron chi connectivity index (χ1n) is 6.06. The Morgan fingerprint density at radius 2 is 1.84 bits per heavy atom. The van der Waals surface area contributed by atoms with Crippen LogP contribution in [0.25, 0.3) is 0 Å². The number of carbonyl (C=O) groups is 1. The van der Waals surface area contributed by atoms with Crippen LogP contribution in [0.3, 0.4) is 0 Å². The zero-order valence-corrected chi connectivity index (χ0v) is 11.1. The molecule has 0 saturated carbocycles. The van der Waals surface area contributed by atoms with Gasteiger partial charge < -0.3 is 9.47 Å². The Morgan fingerprint density at radius 1 is 1.11 bits per heavy atom. The summed E-state index contributed by atoms with van der Waals surface area (Å²) in [5, 5.41) is 0. The van der Waals surface area contributed by atoms with Crippen molar-refractivity contribution in [3.63, 3.8) is 0 Å². The summed E-state index contributed by atoms with van der Waals surface area (Å²) in [6.45, 7) is 2.01. The lowest BCUT2D eigenvalue weighted by Gasteiger charge is -2.10. The van der Waals surface area contributed by atoms with Crippen LogP contribution >= 0.6 is 0 Å². The van der Waals surface area contributed by atoms with E-state index in [0.29, 0.717) is 23.7 Å². The van der Waals surface area contributed by atoms with E-state index in [1.165, 1.54) is 6.92 Å². The Bertz CT molecular complexity index is 561. The second kappa shape index (κ2) is 6.05. The van der Waals surface area contributed by atoms with E-state index in [1.54, 1.807) is 25.3 Å². The van der Waals surface area contributed by atoms with E-state index in [-0.39, 0.29) is 5.78 Å². The minimum absolute atomic E-state index is 0.0218. The molecule has 19 heavy (non-hydrogen) atoms. The molecule has 0 heterocycles. The van der Waals surface area contributed by atoms with Gasteiger partial charge in [0.25, 0.3) is 0 Å². The Labute approximate surface area is 112 Å². The molecule has 0 aliphatic heterocycles. The number of benzene rings is 2. The number of methoxy groups -OCH3 is 1. The number of hydrogen-bond acceptors (Lipinski definition) is 3. The molecule has 0 unspecified atom stereocenters. The fourth-order valence-corrected chi connectivity index (χ4v) is 1.79. The molecule has 0 aliphatic rings. The molecule has 0 N–H and O–H groups in total. The molecule has 2 rings (SSSR count). The van der Waals surface area contributed by atoms with Crippen LogP contribution in [0.15, 0.2) is 48.5 Å². The summed E-state index contributed by atoms with van der Waals surface area (Å²) in [7, 11) is 1.54. The molecule has 0 bridgehead atoms. The summed E-state index contributed by atoms with van der Waals surface area (Å²) in [5.74, 6) is 1.20. The van der Waals surface area contributed by atoms with Gasteiger partial charge in [-0.25, -0.2) is 0 Å². The van der Waals surface area contributed by atoms with Gasteiger partial charge in [0.1, 0.15) is 18.1 Å². The Morgan fingerprint density at radius 3 is 2.47 bits per heavy atom. The summed E-state index contributed by atoms with van der Waals surface area (Å²) in [6.07, 6.45) is 0. The zero-order valence-electron chi connectivity index (χ0n) is 11.1. The van der Waals surface area contributed by atoms with Crippen LogP contribution in [-0.2, 0) is 6.61 Å². The first kappa shape index (κ1) is 13.1. The number of hydrogen-bond donors (Lipinski definition) is 0. The predicted octanol–water partition coefficient (Wildman–Crippen LogP) is 3.48. The summed E-state index contributed by atoms with van der Waals surface area (Å²) < 4.78 is 10.9. The first-order valence-corrected chi connectivity index (χ1v) is 6.06. The van der Waals surface area contributed by atoms with Crippen molar-refractivity contribution in [3.8, 4) is 11.5 Å². The van der Waals surface area contributed by atoms with Gasteiger partial charge in [0.15, 0.2) is 5.78 Å². The third-order valence-corrected chi connectivity index (χ3v) is 2.80. The molecule has 0 fully saturated rings. The molecular formula is C16H16O3. The van der Waals surface area contributed by atoms with E-state index in [9.17, 15) is 4.79 Å². The summed E-state index contributed by atoms with van der Waals surface area (Å²) >= 11 is 0. The molecule has 0 atom stereocenters. The summed E-state index contributed by atoms with van der Waals surface area (Å²) in [5.41, 5.74) is 1.66. The molecule has 2 aromatic carbocycles. The van der Waals surface area contributed by atoms with Crippen molar-refractivity contribution >= 4 is 5.78 Å². The van der Waals surface area contributed by atoms with Crippen LogP contribution < -0.4 is 9.47 Å². The molecule has 0 saturated heterocycles. The van der Waals surface area contributed by atoms with Crippen molar-refractivity contribution in [1.29, 1.82) is 0 Å². The van der Waals surface area contributed by atoms with Gasteiger partial charge in [0.2, 0.25) is 0 Å². The van der Waals surface area contributed by atoms with Gasteiger partial charge in [0.05, 0.1) is 12.7 Å². The van der Waals surface area contributed by atoms with Crippen molar-refractivity contribution in [1.82, 2.24) is 0 Å². The van der Waals surface area contributed by atoms with Gasteiger partial charge in [-0.15, -0.1) is 0 Å². The number of rotatable bonds is 5. The van der Waals surface area contributed by atoms with Gasteiger partial charge in [-0.3, -0.25) is 4.79 Å². The molecule has 0 aromatic heterocycles. The van der Waals surface area contributed by atoms with Gasteiger partial charge >= 0.3 is 0 Å². The largest absolute Gasteiger partial charge is 0.496 e. The highest BCUT2D eigenvalue weighted by atomic mass is 16.5. The maximum absolute atomic E-state index is 11.4. The van der Waals surface area contributed by atoms with E-state index in [0.717, 1.165) is 5.56 Å². The SMILES string of the molecule is COc1cc(OCc2ccccc2)ccc1C(C)=O. The number of Topliss-reactive ketones (excluding diaryl/α,β-unsaturated/α-hetero) is 1. The van der Waals surface area contributed by atoms with Crippen LogP contribution in [-0.4, -0.2) is 12.9 Å². The topological polar surface area (TPSA) is 35.5 Å². The standard InChI is InChI=1S/C16H16O3/c1-12(17)15-9-8-14(10-16(15)18-2)19-11-13-6-4-3-5-7-13/h3-10H,11H2,1-2H3. The van der Waals surface area contributed by atoms with Gasteiger partial charge in [-0.1, -0.05) is 30.3 Å². The van der Waals surface area contributed by atoms with Crippen LogP contribution in [0, 0.1) is 0 Å². The monoisotopic (exact) mass is 256 g/mol. The molecule has 0 radical (unpaired) electrons. The van der Waals surface area contributed by atoms with Gasteiger partial charge in [0, 0.05) is 6.07 Å². The van der Waals surface area contributed by atoms with Crippen molar-refractivity contribution < 1.29 is 14.3 Å². The quantitative estimate of drug-likeness (QED) is 0.768. The minimum atomic E-state index is -0.0218. The number of ketones is 1. The highest BCUT2D eigenvalue weighted by molar-refractivity contribution is 5.97. The summed E-state index contributed by atoms with van der Waals surface area (Å²) in [6, 6.07) is 15.1. The lowest BCUT2D eigenvalue weighted by Crippen LogP contribution is -2.00. The Balaban J connectivity index is 2.11. The fraction of sp³-hybridized carbons (Fsp3) is 0.188. The van der Waals surface area contributed by atoms with E-state index < -0.39 is 0 Å². The highest BCUT2D eigenvalue weighted by Crippen LogP contribution is 2.25. The van der Waals surface area contributed by atoms with Gasteiger partial charge in [-0.2, -0.15) is 0 Å². The minimum Gasteiger partial charge on any atom is -0.496 e. The normalized spacial score (nSPS) is 10.0. The maximum atomic E-state index is 11.4. The molecule has 0 amide bonds.